The average molecular weight is 605 g/mol. The first-order valence-electron chi connectivity index (χ1n) is 14.5. The molecule has 1 saturated heterocycles. The summed E-state index contributed by atoms with van der Waals surface area (Å²) in [5.74, 6) is -1.36. The zero-order valence-corrected chi connectivity index (χ0v) is 24.2. The number of fused-ring (bicyclic) bond motifs is 2. The van der Waals surface area contributed by atoms with E-state index in [1.165, 1.54) is 12.0 Å². The van der Waals surface area contributed by atoms with Crippen LogP contribution in [0.3, 0.4) is 0 Å². The molecule has 44 heavy (non-hydrogen) atoms. The Morgan fingerprint density at radius 1 is 1.09 bits per heavy atom. The summed E-state index contributed by atoms with van der Waals surface area (Å²) >= 11 is 0. The van der Waals surface area contributed by atoms with Crippen molar-refractivity contribution < 1.29 is 27.8 Å². The first-order chi connectivity index (χ1) is 21.1. The lowest BCUT2D eigenvalue weighted by atomic mass is 10.0. The Morgan fingerprint density at radius 3 is 2.61 bits per heavy atom. The van der Waals surface area contributed by atoms with Crippen LogP contribution in [0.2, 0.25) is 0 Å². The molecule has 2 fully saturated rings. The Kier molecular flexibility index (Phi) is 6.76. The normalized spacial score (nSPS) is 18.8. The molecule has 228 valence electrons. The molecule has 0 radical (unpaired) electrons. The Hall–Kier alpha value is -4.58. The Morgan fingerprint density at radius 2 is 1.89 bits per heavy atom. The van der Waals surface area contributed by atoms with Gasteiger partial charge in [0.1, 0.15) is 28.9 Å². The van der Waals surface area contributed by atoms with Crippen LogP contribution < -0.4 is 10.5 Å². The van der Waals surface area contributed by atoms with Gasteiger partial charge < -0.3 is 29.6 Å². The Balaban J connectivity index is 1.35. The second-order valence-corrected chi connectivity index (χ2v) is 11.8. The van der Waals surface area contributed by atoms with Crippen LogP contribution in [0, 0.1) is 17.6 Å². The van der Waals surface area contributed by atoms with Crippen LogP contribution in [0.5, 0.6) is 11.5 Å². The highest BCUT2D eigenvalue weighted by Gasteiger charge is 2.31. The minimum absolute atomic E-state index is 0.00933. The predicted octanol–water partition coefficient (Wildman–Crippen LogP) is 5.17. The van der Waals surface area contributed by atoms with E-state index in [0.29, 0.717) is 52.3 Å². The van der Waals surface area contributed by atoms with E-state index in [1.807, 2.05) is 28.3 Å². The number of nitrogens with two attached hydrogens (primary N) is 1. The summed E-state index contributed by atoms with van der Waals surface area (Å²) in [6, 6.07) is 9.99. The van der Waals surface area contributed by atoms with Gasteiger partial charge >= 0.3 is 0 Å². The van der Waals surface area contributed by atoms with E-state index in [9.17, 15) is 23.1 Å². The SMILES string of the molecule is COc1cc(C(=O)N2C[C@H](N)C[C@@H](F)C2)cc2nc(-c3cc4ccc(-c5cc(O)c(F)cc5F)nc4n3CC3CC3)n(C)c12. The molecule has 1 saturated carbocycles. The number of carbonyl (C=O) groups excluding carboxylic acids is 1. The number of nitrogens with zero attached hydrogens (tertiary/aromatic N) is 5. The Labute approximate surface area is 250 Å². The number of halogens is 3. The van der Waals surface area contributed by atoms with E-state index >= 15 is 0 Å². The summed E-state index contributed by atoms with van der Waals surface area (Å²) in [6.45, 7) is 0.916. The molecule has 2 atom stereocenters. The van der Waals surface area contributed by atoms with Crippen molar-refractivity contribution in [1.29, 1.82) is 0 Å². The second kappa shape index (κ2) is 10.5. The highest BCUT2D eigenvalue weighted by molar-refractivity contribution is 6.00. The molecule has 7 rings (SSSR count). The van der Waals surface area contributed by atoms with Gasteiger partial charge in [-0.15, -0.1) is 0 Å². The smallest absolute Gasteiger partial charge is 0.254 e. The molecular weight excluding hydrogens is 573 g/mol. The minimum Gasteiger partial charge on any atom is -0.505 e. The van der Waals surface area contributed by atoms with Crippen molar-refractivity contribution in [3.8, 4) is 34.3 Å². The zero-order valence-electron chi connectivity index (χ0n) is 24.2. The van der Waals surface area contributed by atoms with E-state index in [-0.39, 0.29) is 36.7 Å². The molecule has 0 spiro atoms. The maximum absolute atomic E-state index is 14.7. The van der Waals surface area contributed by atoms with Crippen molar-refractivity contribution in [3.63, 3.8) is 0 Å². The van der Waals surface area contributed by atoms with Crippen LogP contribution in [0.25, 0.3) is 44.8 Å². The molecule has 9 nitrogen and oxygen atoms in total. The summed E-state index contributed by atoms with van der Waals surface area (Å²) in [5.41, 5.74) is 9.15. The number of aromatic nitrogens is 4. The number of amides is 1. The number of carbonyl (C=O) groups is 1. The number of pyridine rings is 1. The van der Waals surface area contributed by atoms with Gasteiger partial charge in [0, 0.05) is 48.8 Å². The number of piperidine rings is 1. The van der Waals surface area contributed by atoms with Crippen LogP contribution in [-0.4, -0.2) is 67.4 Å². The summed E-state index contributed by atoms with van der Waals surface area (Å²) in [5, 5.41) is 10.7. The van der Waals surface area contributed by atoms with Crippen molar-refractivity contribution in [2.24, 2.45) is 18.7 Å². The molecular formula is C32H31F3N6O3. The van der Waals surface area contributed by atoms with Crippen molar-refractivity contribution in [1.82, 2.24) is 24.0 Å². The molecule has 1 aliphatic carbocycles. The molecule has 1 amide bonds. The molecule has 2 aromatic carbocycles. The van der Waals surface area contributed by atoms with Crippen LogP contribution in [0.15, 0.2) is 42.5 Å². The average Bonchev–Trinajstić information content (AvgIpc) is 3.66. The minimum atomic E-state index is -1.18. The number of phenolic OH excluding ortho intramolecular Hbond substituents is 1. The fraction of sp³-hybridized carbons (Fsp3) is 0.344. The largest absolute Gasteiger partial charge is 0.505 e. The number of methoxy groups -OCH3 is 1. The van der Waals surface area contributed by atoms with Crippen molar-refractivity contribution in [2.75, 3.05) is 20.2 Å². The first kappa shape index (κ1) is 28.2. The summed E-state index contributed by atoms with van der Waals surface area (Å²) in [4.78, 5) is 24.5. The van der Waals surface area contributed by atoms with Crippen molar-refractivity contribution in [3.05, 3.63) is 59.7 Å². The van der Waals surface area contributed by atoms with Gasteiger partial charge in [0.05, 0.1) is 30.6 Å². The molecule has 4 heterocycles. The summed E-state index contributed by atoms with van der Waals surface area (Å²) < 4.78 is 52.3. The number of aryl methyl sites for hydroxylation is 1. The van der Waals surface area contributed by atoms with E-state index < -0.39 is 29.6 Å². The lowest BCUT2D eigenvalue weighted by Crippen LogP contribution is -2.50. The lowest BCUT2D eigenvalue weighted by Gasteiger charge is -2.33. The zero-order chi connectivity index (χ0) is 30.9. The number of benzene rings is 2. The van der Waals surface area contributed by atoms with Gasteiger partial charge in [0.15, 0.2) is 17.4 Å². The molecule has 0 unspecified atom stereocenters. The van der Waals surface area contributed by atoms with Crippen LogP contribution in [0.4, 0.5) is 13.2 Å². The van der Waals surface area contributed by atoms with Crippen LogP contribution in [0.1, 0.15) is 29.6 Å². The van der Waals surface area contributed by atoms with E-state index in [2.05, 4.69) is 0 Å². The fourth-order valence-electron chi connectivity index (χ4n) is 6.18. The quantitative estimate of drug-likeness (QED) is 0.277. The number of likely N-dealkylation sites (tertiary alicyclic amines) is 1. The molecule has 2 aliphatic rings. The third-order valence-corrected chi connectivity index (χ3v) is 8.54. The molecule has 3 N–H and O–H groups in total. The summed E-state index contributed by atoms with van der Waals surface area (Å²) in [6.07, 6.45) is 1.19. The number of rotatable bonds is 6. The van der Waals surface area contributed by atoms with Gasteiger partial charge in [-0.2, -0.15) is 0 Å². The second-order valence-electron chi connectivity index (χ2n) is 11.8. The molecule has 0 bridgehead atoms. The van der Waals surface area contributed by atoms with Gasteiger partial charge in [0.2, 0.25) is 0 Å². The van der Waals surface area contributed by atoms with Crippen LogP contribution >= 0.6 is 0 Å². The number of ether oxygens (including phenoxy) is 1. The van der Waals surface area contributed by atoms with Crippen LogP contribution in [-0.2, 0) is 13.6 Å². The van der Waals surface area contributed by atoms with E-state index in [4.69, 9.17) is 20.4 Å². The summed E-state index contributed by atoms with van der Waals surface area (Å²) in [7, 11) is 3.38. The number of alkyl halides is 1. The van der Waals surface area contributed by atoms with Crippen molar-refractivity contribution in [2.45, 2.75) is 38.0 Å². The highest BCUT2D eigenvalue weighted by atomic mass is 19.1. The van der Waals surface area contributed by atoms with Gasteiger partial charge in [-0.1, -0.05) is 0 Å². The maximum Gasteiger partial charge on any atom is 0.254 e. The maximum atomic E-state index is 14.7. The van der Waals surface area contributed by atoms with Gasteiger partial charge in [-0.25, -0.2) is 23.1 Å². The van der Waals surface area contributed by atoms with Gasteiger partial charge in [0.25, 0.3) is 5.91 Å². The third-order valence-electron chi connectivity index (χ3n) is 8.54. The molecule has 3 aromatic heterocycles. The van der Waals surface area contributed by atoms with Gasteiger partial charge in [-0.05, 0) is 61.6 Å². The number of imidazole rings is 1. The van der Waals surface area contributed by atoms with Gasteiger partial charge in [-0.3, -0.25) is 4.79 Å². The lowest BCUT2D eigenvalue weighted by molar-refractivity contribution is 0.0606. The number of hydrogen-bond acceptors (Lipinski definition) is 6. The van der Waals surface area contributed by atoms with Crippen molar-refractivity contribution >= 4 is 28.0 Å². The standard InChI is InChI=1S/C32H31F3N6O3/c1-39-29-25(7-18(9-28(29)44-2)32(43)40-14-19(33)10-20(36)15-40)38-31(39)26-8-17-5-6-24(21-11-27(42)23(35)12-22(21)34)37-30(17)41(26)13-16-3-4-16/h5-9,11-12,16,19-20,42H,3-4,10,13-15,36H2,1-2H3/t19-,20-/m1/s1. The number of phenols is 1. The Bertz CT molecular complexity index is 1940. The predicted molar refractivity (Wildman–Crippen MR) is 159 cm³/mol. The third kappa shape index (κ3) is 4.83. The molecule has 5 aromatic rings. The number of hydrogen-bond donors (Lipinski definition) is 2. The van der Waals surface area contributed by atoms with E-state index in [0.717, 1.165) is 30.0 Å². The molecule has 12 heteroatoms. The monoisotopic (exact) mass is 604 g/mol. The topological polar surface area (TPSA) is 111 Å². The number of aromatic hydroxyl groups is 1. The highest BCUT2D eigenvalue weighted by Crippen LogP contribution is 2.38. The van der Waals surface area contributed by atoms with E-state index in [1.54, 1.807) is 18.2 Å². The fourth-order valence-corrected chi connectivity index (χ4v) is 6.18. The first-order valence-corrected chi connectivity index (χ1v) is 14.5. The molecule has 1 aliphatic heterocycles.